The Labute approximate surface area is 131 Å². The summed E-state index contributed by atoms with van der Waals surface area (Å²) in [5.74, 6) is -0.244. The molecule has 0 radical (unpaired) electrons. The van der Waals surface area contributed by atoms with Gasteiger partial charge in [-0.2, -0.15) is 0 Å². The van der Waals surface area contributed by atoms with Crippen LogP contribution in [0.3, 0.4) is 0 Å². The van der Waals surface area contributed by atoms with Crippen LogP contribution in [0, 0.1) is 11.2 Å². The van der Waals surface area contributed by atoms with Crippen molar-refractivity contribution in [1.29, 1.82) is 0 Å². The van der Waals surface area contributed by atoms with Crippen LogP contribution in [-0.2, 0) is 14.8 Å². The predicted octanol–water partition coefficient (Wildman–Crippen LogP) is 2.05. The molecule has 0 amide bonds. The van der Waals surface area contributed by atoms with E-state index in [2.05, 4.69) is 15.9 Å². The van der Waals surface area contributed by atoms with E-state index in [9.17, 15) is 12.8 Å². The van der Waals surface area contributed by atoms with Gasteiger partial charge >= 0.3 is 0 Å². The molecule has 0 saturated carbocycles. The average molecular weight is 382 g/mol. The Kier molecular flexibility index (Phi) is 5.24. The summed E-state index contributed by atoms with van der Waals surface area (Å²) in [5, 5.41) is 5.18. The molecule has 1 saturated heterocycles. The largest absolute Gasteiger partial charge is 0.492 e. The highest BCUT2D eigenvalue weighted by atomic mass is 79.9. The van der Waals surface area contributed by atoms with Gasteiger partial charge in [0, 0.05) is 24.7 Å². The number of halogens is 2. The SMILES string of the molecule is NS(=O)(=O)CC1(COc2cc(F)ccc2Br)CCOCC1. The lowest BCUT2D eigenvalue weighted by atomic mass is 9.83. The van der Waals surface area contributed by atoms with Crippen LogP contribution in [0.4, 0.5) is 4.39 Å². The third-order valence-electron chi connectivity index (χ3n) is 3.49. The lowest BCUT2D eigenvalue weighted by Gasteiger charge is -2.36. The molecule has 0 unspecified atom stereocenters. The zero-order valence-electron chi connectivity index (χ0n) is 11.3. The molecular weight excluding hydrogens is 365 g/mol. The van der Waals surface area contributed by atoms with Crippen molar-refractivity contribution in [3.63, 3.8) is 0 Å². The van der Waals surface area contributed by atoms with E-state index in [1.54, 1.807) is 6.07 Å². The highest BCUT2D eigenvalue weighted by molar-refractivity contribution is 9.10. The molecule has 1 aromatic carbocycles. The molecule has 118 valence electrons. The number of ether oxygens (including phenoxy) is 2. The van der Waals surface area contributed by atoms with E-state index in [0.717, 1.165) is 0 Å². The van der Waals surface area contributed by atoms with Gasteiger partial charge in [0.2, 0.25) is 10.0 Å². The number of benzene rings is 1. The monoisotopic (exact) mass is 381 g/mol. The first-order valence-corrected chi connectivity index (χ1v) is 8.97. The zero-order chi connectivity index (χ0) is 15.5. The molecule has 1 heterocycles. The van der Waals surface area contributed by atoms with Gasteiger partial charge in [-0.15, -0.1) is 0 Å². The van der Waals surface area contributed by atoms with Crippen molar-refractivity contribution < 1.29 is 22.3 Å². The van der Waals surface area contributed by atoms with Gasteiger partial charge in [-0.05, 0) is 40.9 Å². The Bertz CT molecular complexity index is 602. The van der Waals surface area contributed by atoms with E-state index in [0.29, 0.717) is 36.3 Å². The second kappa shape index (κ2) is 6.60. The minimum atomic E-state index is -3.63. The summed E-state index contributed by atoms with van der Waals surface area (Å²) in [5.41, 5.74) is -0.600. The highest BCUT2D eigenvalue weighted by Crippen LogP contribution is 2.34. The number of hydrogen-bond acceptors (Lipinski definition) is 4. The molecule has 21 heavy (non-hydrogen) atoms. The second-order valence-electron chi connectivity index (χ2n) is 5.28. The van der Waals surface area contributed by atoms with Gasteiger partial charge in [-0.3, -0.25) is 0 Å². The molecule has 8 heteroatoms. The van der Waals surface area contributed by atoms with Crippen molar-refractivity contribution >= 4 is 26.0 Å². The summed E-state index contributed by atoms with van der Waals surface area (Å²) in [6, 6.07) is 4.11. The summed E-state index contributed by atoms with van der Waals surface area (Å²) < 4.78 is 47.7. The number of rotatable bonds is 5. The number of sulfonamides is 1. The lowest BCUT2D eigenvalue weighted by Crippen LogP contribution is -2.42. The predicted molar refractivity (Wildman–Crippen MR) is 80.1 cm³/mol. The lowest BCUT2D eigenvalue weighted by molar-refractivity contribution is 0.00190. The molecular formula is C13H17BrFNO4S. The first kappa shape index (κ1) is 16.7. The summed E-state index contributed by atoms with van der Waals surface area (Å²) >= 11 is 3.28. The maximum Gasteiger partial charge on any atom is 0.209 e. The molecule has 1 aromatic rings. The van der Waals surface area contributed by atoms with Crippen LogP contribution in [0.25, 0.3) is 0 Å². The standard InChI is InChI=1S/C13H17BrFNO4S/c14-11-2-1-10(15)7-12(11)20-8-13(9-21(16,17)18)3-5-19-6-4-13/h1-2,7H,3-6,8-9H2,(H2,16,17,18). The fourth-order valence-electron chi connectivity index (χ4n) is 2.38. The Morgan fingerprint density at radius 3 is 2.67 bits per heavy atom. The van der Waals surface area contributed by atoms with Gasteiger partial charge in [-0.1, -0.05) is 0 Å². The smallest absolute Gasteiger partial charge is 0.209 e. The highest BCUT2D eigenvalue weighted by Gasteiger charge is 2.37. The minimum Gasteiger partial charge on any atom is -0.492 e. The molecule has 0 bridgehead atoms. The van der Waals surface area contributed by atoms with Crippen molar-refractivity contribution in [3.05, 3.63) is 28.5 Å². The second-order valence-corrected chi connectivity index (χ2v) is 7.75. The summed E-state index contributed by atoms with van der Waals surface area (Å²) in [4.78, 5) is 0. The summed E-state index contributed by atoms with van der Waals surface area (Å²) in [6.45, 7) is 1.07. The van der Waals surface area contributed by atoms with E-state index in [1.165, 1.54) is 12.1 Å². The Morgan fingerprint density at radius 2 is 2.05 bits per heavy atom. The van der Waals surface area contributed by atoms with Crippen molar-refractivity contribution in [2.24, 2.45) is 10.6 Å². The first-order valence-electron chi connectivity index (χ1n) is 6.46. The van der Waals surface area contributed by atoms with E-state index < -0.39 is 21.3 Å². The minimum absolute atomic E-state index is 0.148. The van der Waals surface area contributed by atoms with Crippen LogP contribution in [0.1, 0.15) is 12.8 Å². The molecule has 5 nitrogen and oxygen atoms in total. The first-order chi connectivity index (χ1) is 9.80. The maximum atomic E-state index is 13.2. The Balaban J connectivity index is 2.14. The van der Waals surface area contributed by atoms with Gasteiger partial charge in [0.25, 0.3) is 0 Å². The van der Waals surface area contributed by atoms with Crippen LogP contribution in [0.15, 0.2) is 22.7 Å². The van der Waals surface area contributed by atoms with Crippen LogP contribution in [0.5, 0.6) is 5.75 Å². The van der Waals surface area contributed by atoms with Gasteiger partial charge < -0.3 is 9.47 Å². The van der Waals surface area contributed by atoms with Crippen LogP contribution in [0.2, 0.25) is 0 Å². The zero-order valence-corrected chi connectivity index (χ0v) is 13.8. The van der Waals surface area contributed by atoms with Gasteiger partial charge in [0.15, 0.2) is 0 Å². The number of primary sulfonamides is 1. The molecule has 1 aliphatic rings. The molecule has 0 spiro atoms. The molecule has 1 fully saturated rings. The van der Waals surface area contributed by atoms with Crippen LogP contribution in [-0.4, -0.2) is 34.0 Å². The molecule has 2 rings (SSSR count). The van der Waals surface area contributed by atoms with Crippen LogP contribution < -0.4 is 9.88 Å². The number of hydrogen-bond donors (Lipinski definition) is 1. The van der Waals surface area contributed by atoms with Crippen molar-refractivity contribution in [2.75, 3.05) is 25.6 Å². The topological polar surface area (TPSA) is 78.6 Å². The van der Waals surface area contributed by atoms with Crippen molar-refractivity contribution in [1.82, 2.24) is 0 Å². The fraction of sp³-hybridized carbons (Fsp3) is 0.538. The summed E-state index contributed by atoms with van der Waals surface area (Å²) in [7, 11) is -3.63. The van der Waals surface area contributed by atoms with E-state index in [1.807, 2.05) is 0 Å². The van der Waals surface area contributed by atoms with Gasteiger partial charge in [0.05, 0.1) is 16.8 Å². The molecule has 1 aliphatic heterocycles. The molecule has 0 atom stereocenters. The fourth-order valence-corrected chi connectivity index (χ4v) is 3.97. The maximum absolute atomic E-state index is 13.2. The Morgan fingerprint density at radius 1 is 1.38 bits per heavy atom. The quantitative estimate of drug-likeness (QED) is 0.846. The van der Waals surface area contributed by atoms with Gasteiger partial charge in [0.1, 0.15) is 11.6 Å². The van der Waals surface area contributed by atoms with Gasteiger partial charge in [-0.25, -0.2) is 17.9 Å². The normalized spacial score (nSPS) is 18.4. The third kappa shape index (κ3) is 4.91. The Hall–Kier alpha value is -0.700. The molecule has 2 N–H and O–H groups in total. The summed E-state index contributed by atoms with van der Waals surface area (Å²) in [6.07, 6.45) is 1.08. The average Bonchev–Trinajstić information content (AvgIpc) is 2.39. The van der Waals surface area contributed by atoms with E-state index in [4.69, 9.17) is 14.6 Å². The number of nitrogens with two attached hydrogens (primary N) is 1. The van der Waals surface area contributed by atoms with Crippen molar-refractivity contribution in [2.45, 2.75) is 12.8 Å². The van der Waals surface area contributed by atoms with Crippen molar-refractivity contribution in [3.8, 4) is 5.75 Å². The van der Waals surface area contributed by atoms with E-state index in [-0.39, 0.29) is 12.4 Å². The van der Waals surface area contributed by atoms with Crippen LogP contribution >= 0.6 is 15.9 Å². The third-order valence-corrected chi connectivity index (χ3v) is 5.16. The molecule has 0 aliphatic carbocycles. The van der Waals surface area contributed by atoms with E-state index >= 15 is 0 Å². The molecule has 0 aromatic heterocycles.